The first-order valence-corrected chi connectivity index (χ1v) is 15.7. The summed E-state index contributed by atoms with van der Waals surface area (Å²) in [6.07, 6.45) is 5.36. The minimum absolute atomic E-state index is 0.0852. The fraction of sp³-hybridized carbons (Fsp3) is 0.536. The summed E-state index contributed by atoms with van der Waals surface area (Å²) in [5, 5.41) is 6.05. The number of nitrogens with one attached hydrogen (secondary N) is 1. The molecule has 3 aromatic rings. The summed E-state index contributed by atoms with van der Waals surface area (Å²) in [7, 11) is -3.73. The smallest absolute Gasteiger partial charge is 0.283 e. The number of amides is 1. The van der Waals surface area contributed by atoms with E-state index in [1.54, 1.807) is 6.07 Å². The molecule has 6 rings (SSSR count). The number of pyridine rings is 1. The molecule has 2 aromatic heterocycles. The van der Waals surface area contributed by atoms with Crippen molar-refractivity contribution in [3.05, 3.63) is 47.8 Å². The Balaban J connectivity index is 1.44. The molecule has 0 radical (unpaired) electrons. The van der Waals surface area contributed by atoms with E-state index in [0.717, 1.165) is 87.5 Å². The Hall–Kier alpha value is -3.02. The number of benzene rings is 1. The van der Waals surface area contributed by atoms with Crippen LogP contribution >= 0.6 is 0 Å². The maximum atomic E-state index is 13.2. The first-order valence-electron chi connectivity index (χ1n) is 14.0. The number of rotatable bonds is 7. The molecule has 1 saturated carbocycles. The van der Waals surface area contributed by atoms with Gasteiger partial charge in [-0.15, -0.1) is 0 Å². The van der Waals surface area contributed by atoms with Crippen molar-refractivity contribution in [1.29, 1.82) is 0 Å². The van der Waals surface area contributed by atoms with Crippen molar-refractivity contribution in [3.8, 4) is 5.69 Å². The Bertz CT molecular complexity index is 1440. The first-order chi connectivity index (χ1) is 18.9. The van der Waals surface area contributed by atoms with Crippen LogP contribution in [-0.2, 0) is 14.8 Å². The number of hydrogen-bond donors (Lipinski definition) is 1. The van der Waals surface area contributed by atoms with Gasteiger partial charge >= 0.3 is 0 Å². The summed E-state index contributed by atoms with van der Waals surface area (Å²) >= 11 is 0. The molecule has 2 saturated heterocycles. The molecule has 208 valence electrons. The molecule has 1 aliphatic carbocycles. The van der Waals surface area contributed by atoms with Gasteiger partial charge in [-0.25, -0.2) is 22.8 Å². The lowest BCUT2D eigenvalue weighted by molar-refractivity contribution is 0.0115. The number of hydrogen-bond acceptors (Lipinski definition) is 8. The van der Waals surface area contributed by atoms with Gasteiger partial charge in [0.1, 0.15) is 5.69 Å². The van der Waals surface area contributed by atoms with Gasteiger partial charge in [-0.3, -0.25) is 9.69 Å². The van der Waals surface area contributed by atoms with Crippen LogP contribution in [0.25, 0.3) is 16.7 Å². The predicted octanol–water partition coefficient (Wildman–Crippen LogP) is 3.07. The summed E-state index contributed by atoms with van der Waals surface area (Å²) in [5.74, 6) is -0.547. The lowest BCUT2D eigenvalue weighted by Crippen LogP contribution is -2.49. The third-order valence-corrected chi connectivity index (χ3v) is 9.62. The normalized spacial score (nSPS) is 19.8. The first kappa shape index (κ1) is 26.2. The Kier molecular flexibility index (Phi) is 7.30. The zero-order valence-electron chi connectivity index (χ0n) is 22.4. The van der Waals surface area contributed by atoms with Crippen LogP contribution in [0.2, 0.25) is 0 Å². The summed E-state index contributed by atoms with van der Waals surface area (Å²) in [6, 6.07) is 12.1. The van der Waals surface area contributed by atoms with Gasteiger partial charge in [0.05, 0.1) is 41.4 Å². The van der Waals surface area contributed by atoms with Crippen LogP contribution < -0.4 is 9.62 Å². The van der Waals surface area contributed by atoms with E-state index in [1.807, 2.05) is 35.0 Å². The molecule has 1 aromatic carbocycles. The van der Waals surface area contributed by atoms with Crippen molar-refractivity contribution in [3.63, 3.8) is 0 Å². The molecule has 10 nitrogen and oxygen atoms in total. The summed E-state index contributed by atoms with van der Waals surface area (Å²) in [4.78, 5) is 22.8. The van der Waals surface area contributed by atoms with Gasteiger partial charge in [0, 0.05) is 38.1 Å². The molecular weight excluding hydrogens is 516 g/mol. The van der Waals surface area contributed by atoms with Crippen LogP contribution in [0.5, 0.6) is 0 Å². The van der Waals surface area contributed by atoms with E-state index in [-0.39, 0.29) is 11.4 Å². The lowest BCUT2D eigenvalue weighted by Gasteiger charge is -2.41. The maximum absolute atomic E-state index is 13.2. The highest BCUT2D eigenvalue weighted by Gasteiger charge is 2.33. The van der Waals surface area contributed by atoms with Crippen LogP contribution in [0, 0.1) is 0 Å². The van der Waals surface area contributed by atoms with Gasteiger partial charge < -0.3 is 9.64 Å². The number of carbonyl (C=O) groups excluding carboxylic acids is 1. The van der Waals surface area contributed by atoms with Crippen molar-refractivity contribution >= 4 is 32.7 Å². The molecule has 3 aliphatic rings. The zero-order chi connectivity index (χ0) is 27.0. The van der Waals surface area contributed by atoms with E-state index in [9.17, 15) is 13.2 Å². The fourth-order valence-corrected chi connectivity index (χ4v) is 6.42. The predicted molar refractivity (Wildman–Crippen MR) is 150 cm³/mol. The van der Waals surface area contributed by atoms with Gasteiger partial charge in [0.25, 0.3) is 5.91 Å². The molecular formula is C28H36N6O4S. The van der Waals surface area contributed by atoms with E-state index in [0.29, 0.717) is 17.6 Å². The maximum Gasteiger partial charge on any atom is 0.283 e. The minimum atomic E-state index is -3.73. The third-order valence-electron chi connectivity index (χ3n) is 8.36. The van der Waals surface area contributed by atoms with Crippen LogP contribution in [0.3, 0.4) is 0 Å². The van der Waals surface area contributed by atoms with Crippen molar-refractivity contribution in [2.75, 3.05) is 50.0 Å². The number of aromatic nitrogens is 3. The third kappa shape index (κ3) is 5.27. The fourth-order valence-electron chi connectivity index (χ4n) is 5.89. The Morgan fingerprint density at radius 1 is 1.05 bits per heavy atom. The zero-order valence-corrected chi connectivity index (χ0v) is 23.2. The van der Waals surface area contributed by atoms with Crippen LogP contribution in [-0.4, -0.2) is 85.2 Å². The average Bonchev–Trinajstić information content (AvgIpc) is 3.31. The van der Waals surface area contributed by atoms with Gasteiger partial charge in [0.2, 0.25) is 10.0 Å². The molecule has 1 N–H and O–H groups in total. The van der Waals surface area contributed by atoms with Crippen LogP contribution in [0.15, 0.2) is 36.4 Å². The number of fused-ring (bicyclic) bond motifs is 1. The number of anilines is 1. The summed E-state index contributed by atoms with van der Waals surface area (Å²) in [5.41, 5.74) is 3.47. The second-order valence-corrected chi connectivity index (χ2v) is 12.7. The highest BCUT2D eigenvalue weighted by molar-refractivity contribution is 7.90. The number of sulfonamides is 1. The molecule has 39 heavy (non-hydrogen) atoms. The van der Waals surface area contributed by atoms with Gasteiger partial charge in [0.15, 0.2) is 5.65 Å². The summed E-state index contributed by atoms with van der Waals surface area (Å²) < 4.78 is 34.0. The molecule has 0 atom stereocenters. The second-order valence-electron chi connectivity index (χ2n) is 10.7. The van der Waals surface area contributed by atoms with E-state index in [2.05, 4.69) is 14.5 Å². The van der Waals surface area contributed by atoms with E-state index < -0.39 is 15.9 Å². The number of ether oxygens (including phenoxy) is 1. The van der Waals surface area contributed by atoms with Crippen LogP contribution in [0.4, 0.5) is 5.69 Å². The Labute approximate surface area is 229 Å². The van der Waals surface area contributed by atoms with E-state index in [4.69, 9.17) is 14.8 Å². The average molecular weight is 553 g/mol. The number of carbonyl (C=O) groups is 1. The number of morpholine rings is 1. The Morgan fingerprint density at radius 2 is 1.77 bits per heavy atom. The van der Waals surface area contributed by atoms with E-state index >= 15 is 0 Å². The topological polar surface area (TPSA) is 110 Å². The van der Waals surface area contributed by atoms with Crippen molar-refractivity contribution in [2.24, 2.45) is 0 Å². The largest absolute Gasteiger partial charge is 0.379 e. The van der Waals surface area contributed by atoms with Crippen molar-refractivity contribution in [2.45, 2.75) is 51.0 Å². The quantitative estimate of drug-likeness (QED) is 0.476. The SMILES string of the molecule is CCS(=O)(=O)NC(=O)c1cc(N2CCC(N3CCOCC3)CC2)c2c(C3CCC3)nn(-c3ccccc3)c2n1. The lowest BCUT2D eigenvalue weighted by atomic mass is 9.82. The monoisotopic (exact) mass is 552 g/mol. The molecule has 0 unspecified atom stereocenters. The molecule has 3 fully saturated rings. The molecule has 11 heteroatoms. The van der Waals surface area contributed by atoms with E-state index in [1.165, 1.54) is 13.3 Å². The summed E-state index contributed by atoms with van der Waals surface area (Å²) in [6.45, 7) is 6.70. The molecule has 0 bridgehead atoms. The second kappa shape index (κ2) is 10.9. The molecule has 2 aliphatic heterocycles. The van der Waals surface area contributed by atoms with Gasteiger partial charge in [-0.2, -0.15) is 5.10 Å². The van der Waals surface area contributed by atoms with Crippen LogP contribution in [0.1, 0.15) is 61.1 Å². The Morgan fingerprint density at radius 3 is 2.41 bits per heavy atom. The van der Waals surface area contributed by atoms with Crippen molar-refractivity contribution in [1.82, 2.24) is 24.4 Å². The molecule has 0 spiro atoms. The van der Waals surface area contributed by atoms with Crippen molar-refractivity contribution < 1.29 is 17.9 Å². The molecule has 1 amide bonds. The standard InChI is InChI=1S/C28H36N6O4S/c1-2-39(36,37)31-28(35)23-19-24(33-13-11-21(12-14-33)32-15-17-38-18-16-32)25-26(20-7-6-8-20)30-34(27(25)29-23)22-9-4-3-5-10-22/h3-5,9-10,19-21H,2,6-8,11-18H2,1H3,(H,31,35). The van der Waals surface area contributed by atoms with Gasteiger partial charge in [-0.1, -0.05) is 24.6 Å². The highest BCUT2D eigenvalue weighted by Crippen LogP contribution is 2.43. The number of para-hydroxylation sites is 1. The molecule has 4 heterocycles. The highest BCUT2D eigenvalue weighted by atomic mass is 32.2. The van der Waals surface area contributed by atoms with Gasteiger partial charge in [-0.05, 0) is 50.8 Å². The minimum Gasteiger partial charge on any atom is -0.379 e. The number of nitrogens with zero attached hydrogens (tertiary/aromatic N) is 5. The number of piperidine rings is 1.